The van der Waals surface area contributed by atoms with Gasteiger partial charge in [0.05, 0.1) is 5.56 Å². The van der Waals surface area contributed by atoms with Gasteiger partial charge in [0, 0.05) is 33.4 Å². The minimum absolute atomic E-state index is 0.591. The molecule has 2 aromatic heterocycles. The Morgan fingerprint density at radius 1 is 0.431 bits per heavy atom. The Hall–Kier alpha value is -6.91. The van der Waals surface area contributed by atoms with Crippen LogP contribution in [0.1, 0.15) is 0 Å². The number of benzene rings is 8. The molecule has 0 N–H and O–H groups in total. The van der Waals surface area contributed by atoms with Crippen molar-refractivity contribution in [3.8, 4) is 33.7 Å². The molecule has 0 aliphatic heterocycles. The van der Waals surface area contributed by atoms with Gasteiger partial charge >= 0.3 is 0 Å². The first-order valence-corrected chi connectivity index (χ1v) is 17.1. The third-order valence-corrected chi connectivity index (χ3v) is 9.70. The van der Waals surface area contributed by atoms with Crippen LogP contribution in [0.15, 0.2) is 191 Å². The monoisotopic (exact) mass is 654 g/mol. The first-order chi connectivity index (χ1) is 25.3. The molecule has 0 unspecified atom stereocenters. The largest absolute Gasteiger partial charge is 0.455 e. The molecule has 10 aromatic rings. The van der Waals surface area contributed by atoms with Crippen LogP contribution in [0.3, 0.4) is 0 Å². The van der Waals surface area contributed by atoms with E-state index in [0.717, 1.165) is 77.6 Å². The van der Waals surface area contributed by atoms with Crippen molar-refractivity contribution in [1.82, 2.24) is 4.98 Å². The van der Waals surface area contributed by atoms with E-state index in [2.05, 4.69) is 157 Å². The second-order valence-corrected chi connectivity index (χ2v) is 12.7. The van der Waals surface area contributed by atoms with Crippen LogP contribution in [0, 0.1) is 0 Å². The number of nitrogens with zero attached hydrogens (tertiary/aromatic N) is 2. The number of hydrogen-bond acceptors (Lipinski definition) is 4. The molecule has 240 valence electrons. The van der Waals surface area contributed by atoms with Gasteiger partial charge in [0.25, 0.3) is 0 Å². The Balaban J connectivity index is 1.09. The maximum Gasteiger partial charge on any atom is 0.228 e. The Morgan fingerprint density at radius 3 is 1.80 bits per heavy atom. The van der Waals surface area contributed by atoms with Crippen molar-refractivity contribution in [2.75, 3.05) is 4.90 Å². The highest BCUT2D eigenvalue weighted by Gasteiger charge is 2.22. The maximum absolute atomic E-state index is 6.77. The summed E-state index contributed by atoms with van der Waals surface area (Å²) in [5.74, 6) is 0.591. The summed E-state index contributed by atoms with van der Waals surface area (Å²) < 4.78 is 13.2. The first-order valence-electron chi connectivity index (χ1n) is 17.1. The SMILES string of the molecule is c1ccc(-c2ccc(N(c3ccccc3)c3ccc(-c4cccc5c4oc4cc6ccccc6c(-c6nc7ccccc7o6)c45)cc3)cc2)cc1. The van der Waals surface area contributed by atoms with Crippen LogP contribution in [-0.4, -0.2) is 4.98 Å². The van der Waals surface area contributed by atoms with E-state index in [-0.39, 0.29) is 0 Å². The van der Waals surface area contributed by atoms with Crippen LogP contribution in [-0.2, 0) is 0 Å². The zero-order valence-electron chi connectivity index (χ0n) is 27.5. The lowest BCUT2D eigenvalue weighted by Crippen LogP contribution is -2.09. The number of anilines is 3. The van der Waals surface area contributed by atoms with E-state index in [1.165, 1.54) is 11.1 Å². The number of furan rings is 1. The molecule has 0 atom stereocenters. The molecule has 0 saturated heterocycles. The molecule has 0 saturated carbocycles. The minimum Gasteiger partial charge on any atom is -0.455 e. The van der Waals surface area contributed by atoms with Crippen LogP contribution in [0.25, 0.3) is 77.5 Å². The fourth-order valence-electron chi connectivity index (χ4n) is 7.30. The lowest BCUT2D eigenvalue weighted by molar-refractivity contribution is 0.621. The standard InChI is InChI=1S/C47H30N2O2/c1-3-12-31(13-4-1)32-22-26-36(27-23-32)49(35-15-5-2-6-16-35)37-28-24-33(25-29-37)39-18-11-19-40-44-43(50-46(39)40)30-34-14-7-8-17-38(34)45(44)47-48-41-20-9-10-21-42(41)51-47/h1-30H. The molecule has 0 aliphatic rings. The fraction of sp³-hybridized carbons (Fsp3) is 0. The van der Waals surface area contributed by atoms with E-state index in [1.807, 2.05) is 30.3 Å². The third kappa shape index (κ3) is 4.96. The molecule has 4 nitrogen and oxygen atoms in total. The van der Waals surface area contributed by atoms with Gasteiger partial charge in [-0.25, -0.2) is 4.98 Å². The van der Waals surface area contributed by atoms with Crippen LogP contribution in [0.4, 0.5) is 17.1 Å². The van der Waals surface area contributed by atoms with Crippen LogP contribution >= 0.6 is 0 Å². The summed E-state index contributed by atoms with van der Waals surface area (Å²) in [5.41, 5.74) is 11.9. The molecule has 0 aliphatic carbocycles. The molecule has 0 radical (unpaired) electrons. The minimum atomic E-state index is 0.591. The highest BCUT2D eigenvalue weighted by Crippen LogP contribution is 2.45. The average molecular weight is 655 g/mol. The van der Waals surface area contributed by atoms with Crippen molar-refractivity contribution in [3.05, 3.63) is 182 Å². The predicted molar refractivity (Wildman–Crippen MR) is 210 cm³/mol. The van der Waals surface area contributed by atoms with Crippen LogP contribution in [0.5, 0.6) is 0 Å². The van der Waals surface area contributed by atoms with Crippen molar-refractivity contribution in [2.45, 2.75) is 0 Å². The molecule has 0 spiro atoms. The lowest BCUT2D eigenvalue weighted by atomic mass is 9.96. The molecular formula is C47H30N2O2. The number of hydrogen-bond donors (Lipinski definition) is 0. The number of aromatic nitrogens is 1. The Kier molecular flexibility index (Phi) is 6.78. The molecule has 0 amide bonds. The highest BCUT2D eigenvalue weighted by atomic mass is 16.3. The molecule has 8 aromatic carbocycles. The second kappa shape index (κ2) is 11.9. The number of fused-ring (bicyclic) bond motifs is 5. The molecule has 0 bridgehead atoms. The van der Waals surface area contributed by atoms with E-state index < -0.39 is 0 Å². The van der Waals surface area contributed by atoms with Gasteiger partial charge in [-0.05, 0) is 82.1 Å². The molecule has 4 heteroatoms. The van der Waals surface area contributed by atoms with Gasteiger partial charge in [-0.1, -0.05) is 127 Å². The molecule has 51 heavy (non-hydrogen) atoms. The van der Waals surface area contributed by atoms with Crippen LogP contribution < -0.4 is 4.90 Å². The maximum atomic E-state index is 6.77. The summed E-state index contributed by atoms with van der Waals surface area (Å²) in [4.78, 5) is 7.22. The quantitative estimate of drug-likeness (QED) is 0.179. The summed E-state index contributed by atoms with van der Waals surface area (Å²) >= 11 is 0. The van der Waals surface area contributed by atoms with Crippen molar-refractivity contribution < 1.29 is 8.83 Å². The van der Waals surface area contributed by atoms with Crippen LogP contribution in [0.2, 0.25) is 0 Å². The van der Waals surface area contributed by atoms with E-state index in [9.17, 15) is 0 Å². The van der Waals surface area contributed by atoms with Gasteiger partial charge in [-0.3, -0.25) is 0 Å². The Bertz CT molecular complexity index is 2800. The summed E-state index contributed by atoms with van der Waals surface area (Å²) in [5, 5.41) is 4.18. The van der Waals surface area contributed by atoms with Gasteiger partial charge in [-0.15, -0.1) is 0 Å². The van der Waals surface area contributed by atoms with Gasteiger partial charge < -0.3 is 13.7 Å². The van der Waals surface area contributed by atoms with E-state index in [4.69, 9.17) is 13.8 Å². The zero-order valence-corrected chi connectivity index (χ0v) is 27.5. The fourth-order valence-corrected chi connectivity index (χ4v) is 7.30. The summed E-state index contributed by atoms with van der Waals surface area (Å²) in [6, 6.07) is 63.3. The smallest absolute Gasteiger partial charge is 0.228 e. The summed E-state index contributed by atoms with van der Waals surface area (Å²) in [6.07, 6.45) is 0. The zero-order chi connectivity index (χ0) is 33.7. The molecule has 10 rings (SSSR count). The molecular weight excluding hydrogens is 625 g/mol. The molecule has 2 heterocycles. The normalized spacial score (nSPS) is 11.5. The van der Waals surface area contributed by atoms with Gasteiger partial charge in [-0.2, -0.15) is 0 Å². The Labute approximate surface area is 294 Å². The van der Waals surface area contributed by atoms with Gasteiger partial charge in [0.1, 0.15) is 16.7 Å². The highest BCUT2D eigenvalue weighted by molar-refractivity contribution is 6.21. The third-order valence-electron chi connectivity index (χ3n) is 9.70. The van der Waals surface area contributed by atoms with Crippen molar-refractivity contribution in [1.29, 1.82) is 0 Å². The topological polar surface area (TPSA) is 42.4 Å². The number of rotatable bonds is 6. The molecule has 0 fully saturated rings. The number of oxazole rings is 1. The van der Waals surface area contributed by atoms with E-state index >= 15 is 0 Å². The van der Waals surface area contributed by atoms with Gasteiger partial charge in [0.15, 0.2) is 5.58 Å². The lowest BCUT2D eigenvalue weighted by Gasteiger charge is -2.26. The predicted octanol–water partition coefficient (Wildman–Crippen LogP) is 13.4. The number of para-hydroxylation sites is 4. The Morgan fingerprint density at radius 2 is 1.04 bits per heavy atom. The van der Waals surface area contributed by atoms with E-state index in [1.54, 1.807) is 0 Å². The van der Waals surface area contributed by atoms with Gasteiger partial charge in [0.2, 0.25) is 5.89 Å². The van der Waals surface area contributed by atoms with Crippen molar-refractivity contribution >= 4 is 60.9 Å². The summed E-state index contributed by atoms with van der Waals surface area (Å²) in [6.45, 7) is 0. The summed E-state index contributed by atoms with van der Waals surface area (Å²) in [7, 11) is 0. The first kappa shape index (κ1) is 29.0. The average Bonchev–Trinajstić information content (AvgIpc) is 3.80. The van der Waals surface area contributed by atoms with Crippen molar-refractivity contribution in [3.63, 3.8) is 0 Å². The second-order valence-electron chi connectivity index (χ2n) is 12.7. The van der Waals surface area contributed by atoms with E-state index in [0.29, 0.717) is 5.89 Å². The van der Waals surface area contributed by atoms with Crippen molar-refractivity contribution in [2.24, 2.45) is 0 Å².